The Bertz CT molecular complexity index is 1100. The number of imide groups is 1. The molecule has 2 aliphatic heterocycles. The van der Waals surface area contributed by atoms with Gasteiger partial charge in [0.25, 0.3) is 0 Å². The smallest absolute Gasteiger partial charge is 0.233 e. The molecule has 6 atom stereocenters. The van der Waals surface area contributed by atoms with Crippen molar-refractivity contribution in [1.29, 1.82) is 0 Å². The van der Waals surface area contributed by atoms with E-state index in [0.717, 1.165) is 64.2 Å². The number of carbonyl (C=O) groups is 2. The van der Waals surface area contributed by atoms with Crippen LogP contribution < -0.4 is 4.90 Å². The molecule has 5 fully saturated rings. The highest BCUT2D eigenvalue weighted by Crippen LogP contribution is 2.56. The summed E-state index contributed by atoms with van der Waals surface area (Å²) in [5.74, 6) is 3.59. The van der Waals surface area contributed by atoms with Crippen molar-refractivity contribution < 1.29 is 9.59 Å². The second kappa shape index (κ2) is 8.84. The highest BCUT2D eigenvalue weighted by molar-refractivity contribution is 7.13. The van der Waals surface area contributed by atoms with Crippen LogP contribution in [-0.4, -0.2) is 65.3 Å². The Balaban J connectivity index is 0.986. The largest absolute Gasteiger partial charge is 0.353 e. The van der Waals surface area contributed by atoms with Crippen LogP contribution in [-0.2, 0) is 9.59 Å². The molecule has 0 N–H and O–H groups in total. The Kier molecular flexibility index (Phi) is 5.61. The Morgan fingerprint density at radius 3 is 2.20 bits per heavy atom. The lowest BCUT2D eigenvalue weighted by Crippen LogP contribution is -2.49. The van der Waals surface area contributed by atoms with Crippen LogP contribution in [0.25, 0.3) is 10.1 Å². The molecule has 5 aliphatic rings. The van der Waals surface area contributed by atoms with Crippen molar-refractivity contribution >= 4 is 39.3 Å². The summed E-state index contributed by atoms with van der Waals surface area (Å²) >= 11 is 1.60. The van der Waals surface area contributed by atoms with Crippen LogP contribution >= 0.6 is 11.5 Å². The molecule has 0 spiro atoms. The van der Waals surface area contributed by atoms with Crippen molar-refractivity contribution in [3.8, 4) is 0 Å². The fraction of sp³-hybridized carbons (Fsp3) is 0.679. The quantitative estimate of drug-likeness (QED) is 0.584. The van der Waals surface area contributed by atoms with Crippen molar-refractivity contribution in [2.45, 2.75) is 44.9 Å². The van der Waals surface area contributed by atoms with Crippen LogP contribution in [0.15, 0.2) is 24.3 Å². The maximum absolute atomic E-state index is 13.3. The van der Waals surface area contributed by atoms with Crippen LogP contribution in [0.2, 0.25) is 0 Å². The van der Waals surface area contributed by atoms with Crippen LogP contribution in [0.4, 0.5) is 5.82 Å². The van der Waals surface area contributed by atoms with Gasteiger partial charge in [-0.3, -0.25) is 19.4 Å². The maximum Gasteiger partial charge on any atom is 0.233 e. The standard InChI is InChI=1S/C28H36N4O2S/c33-27-24-18-9-10-19(15-18)25(24)28(34)32(27)17-21-6-2-1-5-20(21)16-30-11-13-31(14-12-30)26-22-7-3-4-8-23(22)35-29-26/h3-4,7-8,18-21,24-25H,1-2,5-6,9-17H2/t18-,19+,20-,21-,24-,25+/m0/s1. The molecule has 6 nitrogen and oxygen atoms in total. The first-order valence-electron chi connectivity index (χ1n) is 13.8. The van der Waals surface area contributed by atoms with Crippen molar-refractivity contribution in [3.63, 3.8) is 0 Å². The molecule has 3 aliphatic carbocycles. The van der Waals surface area contributed by atoms with Crippen molar-refractivity contribution in [1.82, 2.24) is 14.2 Å². The number of piperazine rings is 1. The molecule has 2 aromatic rings. The topological polar surface area (TPSA) is 56.8 Å². The maximum atomic E-state index is 13.3. The van der Waals surface area contributed by atoms with E-state index >= 15 is 0 Å². The van der Waals surface area contributed by atoms with Gasteiger partial charge >= 0.3 is 0 Å². The van der Waals surface area contributed by atoms with Gasteiger partial charge in [-0.15, -0.1) is 0 Å². The molecular weight excluding hydrogens is 456 g/mol. The minimum atomic E-state index is 0.0261. The number of anilines is 1. The van der Waals surface area contributed by atoms with Gasteiger partial charge in [-0.1, -0.05) is 25.0 Å². The molecule has 0 unspecified atom stereocenters. The third-order valence-corrected chi connectivity index (χ3v) is 10.8. The monoisotopic (exact) mass is 492 g/mol. The minimum absolute atomic E-state index is 0.0261. The van der Waals surface area contributed by atoms with Gasteiger partial charge in [-0.25, -0.2) is 0 Å². The molecule has 186 valence electrons. The second-order valence-corrected chi connectivity index (χ2v) is 12.6. The molecule has 3 saturated carbocycles. The van der Waals surface area contributed by atoms with Gasteiger partial charge in [-0.05, 0) is 79.4 Å². The molecule has 1 aromatic carbocycles. The first kappa shape index (κ1) is 22.2. The lowest BCUT2D eigenvalue weighted by molar-refractivity contribution is -0.142. The van der Waals surface area contributed by atoms with Gasteiger partial charge in [0.05, 0.1) is 16.5 Å². The van der Waals surface area contributed by atoms with E-state index in [9.17, 15) is 9.59 Å². The number of amides is 2. The van der Waals surface area contributed by atoms with Gasteiger partial charge in [0.1, 0.15) is 5.82 Å². The average molecular weight is 493 g/mol. The van der Waals surface area contributed by atoms with Crippen LogP contribution in [0.3, 0.4) is 0 Å². The molecular formula is C28H36N4O2S. The first-order valence-corrected chi connectivity index (χ1v) is 14.6. The average Bonchev–Trinajstić information content (AvgIpc) is 3.66. The SMILES string of the molecule is O=C1[C@@H]2[C@@H]3CC[C@@H](C3)[C@@H]2C(=O)N1C[C@@H]1CCCC[C@H]1CN1CCN(c2nsc3ccccc23)CC1. The van der Waals surface area contributed by atoms with E-state index in [2.05, 4.69) is 34.1 Å². The molecule has 35 heavy (non-hydrogen) atoms. The summed E-state index contributed by atoms with van der Waals surface area (Å²) in [7, 11) is 0. The van der Waals surface area contributed by atoms with E-state index in [-0.39, 0.29) is 23.7 Å². The van der Waals surface area contributed by atoms with Crippen molar-refractivity contribution in [2.75, 3.05) is 44.2 Å². The van der Waals surface area contributed by atoms with Crippen molar-refractivity contribution in [3.05, 3.63) is 24.3 Å². The van der Waals surface area contributed by atoms with E-state index in [1.807, 2.05) is 0 Å². The van der Waals surface area contributed by atoms with Crippen LogP contribution in [0.1, 0.15) is 44.9 Å². The van der Waals surface area contributed by atoms with E-state index in [0.29, 0.717) is 30.2 Å². The predicted molar refractivity (Wildman–Crippen MR) is 138 cm³/mol. The lowest BCUT2D eigenvalue weighted by atomic mass is 9.78. The number of benzene rings is 1. The summed E-state index contributed by atoms with van der Waals surface area (Å²) in [5, 5.41) is 1.27. The Morgan fingerprint density at radius 1 is 0.829 bits per heavy atom. The summed E-state index contributed by atoms with van der Waals surface area (Å²) in [6.07, 6.45) is 8.35. The number of likely N-dealkylation sites (tertiary alicyclic amines) is 1. The van der Waals surface area contributed by atoms with Gasteiger partial charge in [0.15, 0.2) is 0 Å². The number of hydrogen-bond donors (Lipinski definition) is 0. The predicted octanol–water partition coefficient (Wildman–Crippen LogP) is 4.26. The molecule has 3 heterocycles. The number of hydrogen-bond acceptors (Lipinski definition) is 6. The lowest BCUT2D eigenvalue weighted by Gasteiger charge is -2.40. The van der Waals surface area contributed by atoms with E-state index in [1.165, 1.54) is 29.3 Å². The molecule has 7 heteroatoms. The zero-order valence-electron chi connectivity index (χ0n) is 20.5. The van der Waals surface area contributed by atoms with Crippen LogP contribution in [0.5, 0.6) is 0 Å². The summed E-state index contributed by atoms with van der Waals surface area (Å²) in [6.45, 7) is 5.93. The third kappa shape index (κ3) is 3.72. The number of rotatable bonds is 5. The number of carbonyl (C=O) groups excluding carboxylic acids is 2. The summed E-state index contributed by atoms with van der Waals surface area (Å²) < 4.78 is 6.02. The molecule has 2 saturated heterocycles. The fourth-order valence-electron chi connectivity index (χ4n) is 8.22. The summed E-state index contributed by atoms with van der Waals surface area (Å²) in [5.41, 5.74) is 0. The van der Waals surface area contributed by atoms with Crippen LogP contribution in [0, 0.1) is 35.5 Å². The van der Waals surface area contributed by atoms with E-state index < -0.39 is 0 Å². The molecule has 2 amide bonds. The van der Waals surface area contributed by atoms with Crippen molar-refractivity contribution in [2.24, 2.45) is 35.5 Å². The Hall–Kier alpha value is -1.99. The highest BCUT2D eigenvalue weighted by Gasteiger charge is 2.61. The van der Waals surface area contributed by atoms with Gasteiger partial charge in [0.2, 0.25) is 11.8 Å². The molecule has 1 aromatic heterocycles. The number of nitrogens with zero attached hydrogens (tertiary/aromatic N) is 4. The van der Waals surface area contributed by atoms with E-state index in [1.54, 1.807) is 16.4 Å². The van der Waals surface area contributed by atoms with E-state index in [4.69, 9.17) is 4.37 Å². The minimum Gasteiger partial charge on any atom is -0.353 e. The molecule has 0 radical (unpaired) electrons. The van der Waals surface area contributed by atoms with Gasteiger partial charge in [0, 0.05) is 44.7 Å². The third-order valence-electron chi connectivity index (χ3n) is 10.0. The number of fused-ring (bicyclic) bond motifs is 6. The zero-order valence-corrected chi connectivity index (χ0v) is 21.3. The summed E-state index contributed by atoms with van der Waals surface area (Å²) in [6, 6.07) is 8.54. The number of aromatic nitrogens is 1. The fourth-order valence-corrected chi connectivity index (χ4v) is 9.02. The molecule has 7 rings (SSSR count). The van der Waals surface area contributed by atoms with Gasteiger partial charge < -0.3 is 4.90 Å². The second-order valence-electron chi connectivity index (χ2n) is 11.8. The summed E-state index contributed by atoms with van der Waals surface area (Å²) in [4.78, 5) is 33.4. The first-order chi connectivity index (χ1) is 17.2. The Morgan fingerprint density at radius 2 is 1.49 bits per heavy atom. The highest BCUT2D eigenvalue weighted by atomic mass is 32.1. The normalized spacial score (nSPS) is 35.4. The molecule has 2 bridgehead atoms. The Labute approximate surface area is 211 Å². The zero-order chi connectivity index (χ0) is 23.5. The van der Waals surface area contributed by atoms with Gasteiger partial charge in [-0.2, -0.15) is 4.37 Å².